The second kappa shape index (κ2) is 12.9. The average Bonchev–Trinajstić information content (AvgIpc) is 2.77. The van der Waals surface area contributed by atoms with Crippen molar-refractivity contribution in [3.05, 3.63) is 35.4 Å². The van der Waals surface area contributed by atoms with Gasteiger partial charge in [0.2, 0.25) is 11.8 Å². The van der Waals surface area contributed by atoms with E-state index in [4.69, 9.17) is 4.74 Å². The SMILES string of the molecule is CCc1ccc(C(C(=O)NC2CCCCC2)N(C)C(=O)C(CC(C)C)NC(=O)OC(C)(C)C)cc1. The summed E-state index contributed by atoms with van der Waals surface area (Å²) in [6.07, 6.45) is 6.01. The molecule has 2 unspecified atom stereocenters. The van der Waals surface area contributed by atoms with Gasteiger partial charge in [0.25, 0.3) is 0 Å². The van der Waals surface area contributed by atoms with Gasteiger partial charge in [0, 0.05) is 13.1 Å². The quantitative estimate of drug-likeness (QED) is 0.505. The van der Waals surface area contributed by atoms with Crippen LogP contribution in [0.5, 0.6) is 0 Å². The predicted octanol–water partition coefficient (Wildman–Crippen LogP) is 5.14. The van der Waals surface area contributed by atoms with E-state index < -0.39 is 23.8 Å². The van der Waals surface area contributed by atoms with Gasteiger partial charge in [-0.3, -0.25) is 9.59 Å². The predicted molar refractivity (Wildman–Crippen MR) is 139 cm³/mol. The molecule has 1 aliphatic carbocycles. The molecule has 2 atom stereocenters. The van der Waals surface area contributed by atoms with Crippen molar-refractivity contribution in [1.29, 1.82) is 0 Å². The molecule has 0 saturated heterocycles. The molecule has 7 heteroatoms. The minimum absolute atomic E-state index is 0.128. The maximum Gasteiger partial charge on any atom is 0.408 e. The number of likely N-dealkylation sites (N-methyl/N-ethyl adjacent to an activating group) is 1. The minimum Gasteiger partial charge on any atom is -0.444 e. The Morgan fingerprint density at radius 3 is 2.17 bits per heavy atom. The molecule has 7 nitrogen and oxygen atoms in total. The average molecular weight is 488 g/mol. The van der Waals surface area contributed by atoms with Crippen LogP contribution in [0.1, 0.15) is 97.2 Å². The van der Waals surface area contributed by atoms with Gasteiger partial charge in [0.1, 0.15) is 17.7 Å². The molecule has 3 amide bonds. The van der Waals surface area contributed by atoms with E-state index in [9.17, 15) is 14.4 Å². The first-order chi connectivity index (χ1) is 16.4. The molecule has 0 heterocycles. The van der Waals surface area contributed by atoms with Gasteiger partial charge >= 0.3 is 6.09 Å². The highest BCUT2D eigenvalue weighted by atomic mass is 16.6. The van der Waals surface area contributed by atoms with Crippen LogP contribution in [0.3, 0.4) is 0 Å². The van der Waals surface area contributed by atoms with E-state index in [2.05, 4.69) is 17.6 Å². The van der Waals surface area contributed by atoms with Crippen LogP contribution in [0.4, 0.5) is 4.79 Å². The fourth-order valence-corrected chi connectivity index (χ4v) is 4.53. The maximum absolute atomic E-state index is 13.7. The standard InChI is InChI=1S/C28H45N3O4/c1-8-20-14-16-21(17-15-20)24(25(32)29-22-12-10-9-11-13-22)31(7)26(33)23(18-19(2)3)30-27(34)35-28(4,5)6/h14-17,19,22-24H,8-13,18H2,1-7H3,(H,29,32)(H,30,34). The molecule has 1 aliphatic rings. The summed E-state index contributed by atoms with van der Waals surface area (Å²) in [6, 6.07) is 6.39. The van der Waals surface area contributed by atoms with Crippen molar-refractivity contribution in [2.75, 3.05) is 7.05 Å². The molecule has 1 aromatic carbocycles. The third-order valence-electron chi connectivity index (χ3n) is 6.33. The van der Waals surface area contributed by atoms with Crippen molar-refractivity contribution in [2.45, 2.75) is 110 Å². The van der Waals surface area contributed by atoms with E-state index in [1.807, 2.05) is 38.1 Å². The number of hydrogen-bond acceptors (Lipinski definition) is 4. The molecule has 0 spiro atoms. The van der Waals surface area contributed by atoms with Crippen LogP contribution >= 0.6 is 0 Å². The Hall–Kier alpha value is -2.57. The van der Waals surface area contributed by atoms with Gasteiger partial charge in [0.15, 0.2) is 0 Å². The Labute approximate surface area is 211 Å². The number of hydrogen-bond donors (Lipinski definition) is 2. The molecule has 1 fully saturated rings. The second-order valence-electron chi connectivity index (χ2n) is 11.1. The fourth-order valence-electron chi connectivity index (χ4n) is 4.53. The number of carbonyl (C=O) groups excluding carboxylic acids is 3. The molecule has 35 heavy (non-hydrogen) atoms. The summed E-state index contributed by atoms with van der Waals surface area (Å²) in [5.74, 6) is -0.337. The number of alkyl carbamates (subject to hydrolysis) is 1. The number of nitrogens with zero attached hydrogens (tertiary/aromatic N) is 1. The van der Waals surface area contributed by atoms with Gasteiger partial charge in [-0.1, -0.05) is 64.3 Å². The van der Waals surface area contributed by atoms with Crippen LogP contribution in [-0.4, -0.2) is 47.5 Å². The van der Waals surface area contributed by atoms with E-state index in [0.29, 0.717) is 6.42 Å². The zero-order valence-electron chi connectivity index (χ0n) is 22.6. The van der Waals surface area contributed by atoms with Gasteiger partial charge < -0.3 is 20.3 Å². The van der Waals surface area contributed by atoms with Crippen LogP contribution in [0.2, 0.25) is 0 Å². The molecule has 0 aliphatic heterocycles. The fraction of sp³-hybridized carbons (Fsp3) is 0.679. The molecule has 1 aromatic rings. The summed E-state index contributed by atoms with van der Waals surface area (Å²) >= 11 is 0. The smallest absolute Gasteiger partial charge is 0.408 e. The van der Waals surface area contributed by atoms with E-state index in [-0.39, 0.29) is 23.8 Å². The molecular formula is C28H45N3O4. The highest BCUT2D eigenvalue weighted by Crippen LogP contribution is 2.25. The van der Waals surface area contributed by atoms with Gasteiger partial charge in [-0.15, -0.1) is 0 Å². The van der Waals surface area contributed by atoms with Gasteiger partial charge in [-0.2, -0.15) is 0 Å². The first-order valence-electron chi connectivity index (χ1n) is 13.1. The Morgan fingerprint density at radius 2 is 1.66 bits per heavy atom. The number of carbonyl (C=O) groups is 3. The first kappa shape index (κ1) is 28.7. The topological polar surface area (TPSA) is 87.7 Å². The Morgan fingerprint density at radius 1 is 1.06 bits per heavy atom. The van der Waals surface area contributed by atoms with E-state index in [1.54, 1.807) is 27.8 Å². The minimum atomic E-state index is -0.797. The first-order valence-corrected chi connectivity index (χ1v) is 13.1. The second-order valence-corrected chi connectivity index (χ2v) is 11.1. The van der Waals surface area contributed by atoms with Crippen molar-refractivity contribution < 1.29 is 19.1 Å². The van der Waals surface area contributed by atoms with Gasteiger partial charge in [-0.05, 0) is 63.5 Å². The van der Waals surface area contributed by atoms with Crippen LogP contribution in [-0.2, 0) is 20.7 Å². The number of nitrogens with one attached hydrogen (secondary N) is 2. The Balaban J connectivity index is 2.30. The largest absolute Gasteiger partial charge is 0.444 e. The molecule has 1 saturated carbocycles. The Kier molecular flexibility index (Phi) is 10.6. The summed E-state index contributed by atoms with van der Waals surface area (Å²) in [5.41, 5.74) is 1.25. The Bertz CT molecular complexity index is 839. The third kappa shape index (κ3) is 9.19. The number of ether oxygens (including phenoxy) is 1. The lowest BCUT2D eigenvalue weighted by Gasteiger charge is -2.33. The van der Waals surface area contributed by atoms with Crippen molar-refractivity contribution in [2.24, 2.45) is 5.92 Å². The number of aryl methyl sites for hydroxylation is 1. The molecule has 2 N–H and O–H groups in total. The van der Waals surface area contributed by atoms with E-state index >= 15 is 0 Å². The summed E-state index contributed by atoms with van der Waals surface area (Å²) in [6.45, 7) is 11.4. The van der Waals surface area contributed by atoms with Crippen LogP contribution in [0, 0.1) is 5.92 Å². The van der Waals surface area contributed by atoms with Crippen LogP contribution < -0.4 is 10.6 Å². The molecule has 0 bridgehead atoms. The summed E-state index contributed by atoms with van der Waals surface area (Å²) < 4.78 is 5.40. The lowest BCUT2D eigenvalue weighted by Crippen LogP contribution is -2.53. The third-order valence-corrected chi connectivity index (χ3v) is 6.33. The summed E-state index contributed by atoms with van der Waals surface area (Å²) in [5, 5.41) is 5.93. The zero-order valence-corrected chi connectivity index (χ0v) is 22.6. The number of amides is 3. The van der Waals surface area contributed by atoms with Gasteiger partial charge in [-0.25, -0.2) is 4.79 Å². The zero-order chi connectivity index (χ0) is 26.2. The highest BCUT2D eigenvalue weighted by molar-refractivity contribution is 5.92. The molecule has 2 rings (SSSR count). The molecule has 196 valence electrons. The van der Waals surface area contributed by atoms with Crippen molar-refractivity contribution in [3.8, 4) is 0 Å². The number of rotatable bonds is 9. The lowest BCUT2D eigenvalue weighted by molar-refractivity contribution is -0.141. The normalized spacial score (nSPS) is 16.3. The number of benzene rings is 1. The van der Waals surface area contributed by atoms with E-state index in [0.717, 1.165) is 37.7 Å². The van der Waals surface area contributed by atoms with Crippen molar-refractivity contribution in [1.82, 2.24) is 15.5 Å². The van der Waals surface area contributed by atoms with E-state index in [1.165, 1.54) is 16.9 Å². The summed E-state index contributed by atoms with van der Waals surface area (Å²) in [4.78, 5) is 41.2. The maximum atomic E-state index is 13.7. The molecular weight excluding hydrogens is 442 g/mol. The molecule has 0 radical (unpaired) electrons. The monoisotopic (exact) mass is 487 g/mol. The lowest BCUT2D eigenvalue weighted by atomic mass is 9.94. The summed E-state index contributed by atoms with van der Waals surface area (Å²) in [7, 11) is 1.64. The van der Waals surface area contributed by atoms with Crippen molar-refractivity contribution in [3.63, 3.8) is 0 Å². The van der Waals surface area contributed by atoms with Crippen LogP contribution in [0.25, 0.3) is 0 Å². The highest BCUT2D eigenvalue weighted by Gasteiger charge is 2.35. The van der Waals surface area contributed by atoms with Crippen LogP contribution in [0.15, 0.2) is 24.3 Å². The molecule has 0 aromatic heterocycles. The van der Waals surface area contributed by atoms with Crippen molar-refractivity contribution >= 4 is 17.9 Å². The van der Waals surface area contributed by atoms with Gasteiger partial charge in [0.05, 0.1) is 0 Å².